The highest BCUT2D eigenvalue weighted by Gasteiger charge is 2.22. The fourth-order valence-electron chi connectivity index (χ4n) is 8.56. The summed E-state index contributed by atoms with van der Waals surface area (Å²) >= 11 is 0. The van der Waals surface area contributed by atoms with Gasteiger partial charge in [0.2, 0.25) is 0 Å². The largest absolute Gasteiger partial charge is 0.455 e. The smallest absolute Gasteiger partial charge is 0.145 e. The van der Waals surface area contributed by atoms with Gasteiger partial charge in [-0.25, -0.2) is 0 Å². The average molecular weight is 701 g/mol. The van der Waals surface area contributed by atoms with Gasteiger partial charge < -0.3 is 13.6 Å². The minimum atomic E-state index is 0.575. The second kappa shape index (κ2) is 11.8. The molecular formula is C50H28N4O. The third-order valence-electron chi connectivity index (χ3n) is 11.0. The highest BCUT2D eigenvalue weighted by molar-refractivity contribution is 6.24. The predicted octanol–water partition coefficient (Wildman–Crippen LogP) is 12.9. The van der Waals surface area contributed by atoms with Crippen molar-refractivity contribution >= 4 is 65.6 Å². The van der Waals surface area contributed by atoms with Crippen molar-refractivity contribution in [2.75, 3.05) is 0 Å². The predicted molar refractivity (Wildman–Crippen MR) is 223 cm³/mol. The number of hydrogen-bond acceptors (Lipinski definition) is 3. The minimum Gasteiger partial charge on any atom is -0.455 e. The summed E-state index contributed by atoms with van der Waals surface area (Å²) in [4.78, 5) is 0. The van der Waals surface area contributed by atoms with Gasteiger partial charge in [-0.05, 0) is 83.9 Å². The zero-order chi connectivity index (χ0) is 36.6. The lowest BCUT2D eigenvalue weighted by Crippen LogP contribution is -2.01. The molecule has 0 bridgehead atoms. The summed E-state index contributed by atoms with van der Waals surface area (Å²) in [7, 11) is 0. The minimum absolute atomic E-state index is 0.575. The third kappa shape index (κ3) is 4.51. The van der Waals surface area contributed by atoms with Crippen LogP contribution in [0, 0.1) is 22.7 Å². The summed E-state index contributed by atoms with van der Waals surface area (Å²) in [6.45, 7) is 0. The van der Waals surface area contributed by atoms with Crippen molar-refractivity contribution in [2.45, 2.75) is 0 Å². The fraction of sp³-hybridized carbons (Fsp3) is 0. The van der Waals surface area contributed by atoms with E-state index in [1.807, 2.05) is 36.4 Å². The van der Waals surface area contributed by atoms with E-state index in [1.54, 1.807) is 12.1 Å². The van der Waals surface area contributed by atoms with E-state index in [0.717, 1.165) is 88.4 Å². The van der Waals surface area contributed by atoms with Gasteiger partial charge in [0, 0.05) is 43.7 Å². The lowest BCUT2D eigenvalue weighted by atomic mass is 9.93. The maximum atomic E-state index is 10.2. The number of fused-ring (bicyclic) bond motifs is 10. The Bertz CT molecular complexity index is 3400. The van der Waals surface area contributed by atoms with E-state index in [1.165, 1.54) is 10.8 Å². The van der Waals surface area contributed by atoms with Gasteiger partial charge in [-0.3, -0.25) is 0 Å². The molecule has 0 saturated heterocycles. The number of para-hydroxylation sites is 4. The molecule has 0 saturated carbocycles. The molecule has 0 aliphatic carbocycles. The molecule has 3 aromatic heterocycles. The number of aromatic nitrogens is 2. The fourth-order valence-corrected chi connectivity index (χ4v) is 8.56. The Balaban J connectivity index is 1.22. The molecule has 254 valence electrons. The van der Waals surface area contributed by atoms with Gasteiger partial charge in [0.15, 0.2) is 0 Å². The third-order valence-corrected chi connectivity index (χ3v) is 11.0. The molecule has 0 unspecified atom stereocenters. The van der Waals surface area contributed by atoms with Crippen LogP contribution in [0.25, 0.3) is 99.2 Å². The molecule has 0 spiro atoms. The molecule has 0 N–H and O–H groups in total. The molecule has 55 heavy (non-hydrogen) atoms. The van der Waals surface area contributed by atoms with Crippen molar-refractivity contribution in [3.8, 4) is 45.8 Å². The number of rotatable bonds is 4. The summed E-state index contributed by atoms with van der Waals surface area (Å²) < 4.78 is 11.3. The Morgan fingerprint density at radius 3 is 1.78 bits per heavy atom. The zero-order valence-electron chi connectivity index (χ0n) is 29.4. The molecule has 0 fully saturated rings. The van der Waals surface area contributed by atoms with E-state index in [9.17, 15) is 10.5 Å². The van der Waals surface area contributed by atoms with Crippen molar-refractivity contribution in [3.63, 3.8) is 0 Å². The quantitative estimate of drug-likeness (QED) is 0.183. The first-order valence-corrected chi connectivity index (χ1v) is 18.2. The zero-order valence-corrected chi connectivity index (χ0v) is 29.4. The van der Waals surface area contributed by atoms with Crippen LogP contribution in [0.3, 0.4) is 0 Å². The van der Waals surface area contributed by atoms with Crippen LogP contribution in [-0.2, 0) is 0 Å². The maximum absolute atomic E-state index is 10.2. The van der Waals surface area contributed by atoms with Crippen LogP contribution in [0.5, 0.6) is 0 Å². The standard InChI is InChI=1S/C50H28N4O/c51-29-31-17-19-32(20-18-31)42-27-33(21-22-34(42)30-52)36-24-23-35(28-47(36)54-43-13-5-1-9-37(43)38-10-2-6-14-44(38)54)53-45-15-7-3-12-41(45)49-46(53)26-25-40-39-11-4-8-16-48(39)55-50(40)49/h1-28H. The van der Waals surface area contributed by atoms with Crippen molar-refractivity contribution < 1.29 is 4.42 Å². The molecule has 0 amide bonds. The molecule has 5 heteroatoms. The first-order valence-electron chi connectivity index (χ1n) is 18.2. The molecule has 0 radical (unpaired) electrons. The van der Waals surface area contributed by atoms with Crippen LogP contribution in [-0.4, -0.2) is 9.13 Å². The maximum Gasteiger partial charge on any atom is 0.145 e. The van der Waals surface area contributed by atoms with E-state index in [0.29, 0.717) is 11.1 Å². The van der Waals surface area contributed by atoms with Crippen molar-refractivity contribution in [3.05, 3.63) is 181 Å². The number of benzene rings is 8. The molecule has 5 nitrogen and oxygen atoms in total. The average Bonchev–Trinajstić information content (AvgIpc) is 3.91. The van der Waals surface area contributed by atoms with E-state index in [2.05, 4.69) is 143 Å². The number of furan rings is 1. The van der Waals surface area contributed by atoms with Gasteiger partial charge in [-0.1, -0.05) is 97.1 Å². The SMILES string of the molecule is N#Cc1ccc(-c2cc(-c3ccc(-n4c5ccccc5c5c6oc7ccccc7c6ccc54)cc3-n3c4ccccc4c4ccccc43)ccc2C#N)cc1. The molecule has 0 aliphatic heterocycles. The highest BCUT2D eigenvalue weighted by atomic mass is 16.3. The first-order chi connectivity index (χ1) is 27.2. The summed E-state index contributed by atoms with van der Waals surface area (Å²) in [5.74, 6) is 0. The normalized spacial score (nSPS) is 11.6. The highest BCUT2D eigenvalue weighted by Crippen LogP contribution is 2.43. The van der Waals surface area contributed by atoms with Gasteiger partial charge in [0.1, 0.15) is 11.2 Å². The molecule has 3 heterocycles. The Kier molecular flexibility index (Phi) is 6.61. The van der Waals surface area contributed by atoms with Crippen LogP contribution < -0.4 is 0 Å². The molecule has 11 rings (SSSR count). The van der Waals surface area contributed by atoms with Gasteiger partial charge in [-0.2, -0.15) is 10.5 Å². The van der Waals surface area contributed by atoms with Crippen molar-refractivity contribution in [1.82, 2.24) is 9.13 Å². The van der Waals surface area contributed by atoms with Crippen LogP contribution in [0.1, 0.15) is 11.1 Å². The van der Waals surface area contributed by atoms with Gasteiger partial charge in [0.25, 0.3) is 0 Å². The van der Waals surface area contributed by atoms with Crippen LogP contribution in [0.2, 0.25) is 0 Å². The van der Waals surface area contributed by atoms with Crippen LogP contribution in [0.15, 0.2) is 174 Å². The Morgan fingerprint density at radius 2 is 1.07 bits per heavy atom. The van der Waals surface area contributed by atoms with E-state index >= 15 is 0 Å². The summed E-state index contributed by atoms with van der Waals surface area (Å²) in [6, 6.07) is 63.1. The Labute approximate surface area is 315 Å². The van der Waals surface area contributed by atoms with Crippen LogP contribution in [0.4, 0.5) is 0 Å². The second-order valence-corrected chi connectivity index (χ2v) is 13.9. The molecule has 0 aliphatic rings. The topological polar surface area (TPSA) is 70.6 Å². The van der Waals surface area contributed by atoms with Gasteiger partial charge in [-0.15, -0.1) is 0 Å². The Hall–Kier alpha value is -7.86. The number of nitrogens with zero attached hydrogens (tertiary/aromatic N) is 4. The van der Waals surface area contributed by atoms with Gasteiger partial charge in [0.05, 0.1) is 56.4 Å². The van der Waals surface area contributed by atoms with Crippen molar-refractivity contribution in [2.24, 2.45) is 0 Å². The Morgan fingerprint density at radius 1 is 0.436 bits per heavy atom. The summed E-state index contributed by atoms with van der Waals surface area (Å²) in [5, 5.41) is 26.4. The van der Waals surface area contributed by atoms with Gasteiger partial charge >= 0.3 is 0 Å². The monoisotopic (exact) mass is 700 g/mol. The molecular weight excluding hydrogens is 673 g/mol. The molecule has 8 aromatic carbocycles. The van der Waals surface area contributed by atoms with Crippen molar-refractivity contribution in [1.29, 1.82) is 10.5 Å². The van der Waals surface area contributed by atoms with Crippen LogP contribution >= 0.6 is 0 Å². The second-order valence-electron chi connectivity index (χ2n) is 13.9. The van der Waals surface area contributed by atoms with E-state index in [-0.39, 0.29) is 0 Å². The van der Waals surface area contributed by atoms with E-state index < -0.39 is 0 Å². The summed E-state index contributed by atoms with van der Waals surface area (Å²) in [5.41, 5.74) is 13.0. The summed E-state index contributed by atoms with van der Waals surface area (Å²) in [6.07, 6.45) is 0. The number of nitriles is 2. The lowest BCUT2D eigenvalue weighted by molar-refractivity contribution is 0.673. The first kappa shape index (κ1) is 30.7. The number of hydrogen-bond donors (Lipinski definition) is 0. The lowest BCUT2D eigenvalue weighted by Gasteiger charge is -2.18. The molecule has 0 atom stereocenters. The molecule has 11 aromatic rings. The van der Waals surface area contributed by atoms with E-state index in [4.69, 9.17) is 4.42 Å².